The minimum Gasteiger partial charge on any atom is -0.310 e. The third-order valence-corrected chi connectivity index (χ3v) is 4.89. The number of hydrogen-bond acceptors (Lipinski definition) is 2. The van der Waals surface area contributed by atoms with E-state index in [1.54, 1.807) is 0 Å². The summed E-state index contributed by atoms with van der Waals surface area (Å²) in [4.78, 5) is 2.67. The average molecular weight is 279 g/mol. The van der Waals surface area contributed by atoms with Gasteiger partial charge in [0.15, 0.2) is 0 Å². The van der Waals surface area contributed by atoms with Crippen LogP contribution in [0.4, 0.5) is 0 Å². The molecule has 1 aromatic rings. The Labute approximate surface area is 121 Å². The molecule has 2 fully saturated rings. The highest BCUT2D eigenvalue weighted by molar-refractivity contribution is 6.30. The Morgan fingerprint density at radius 1 is 1.21 bits per heavy atom. The highest BCUT2D eigenvalue weighted by Gasteiger charge is 2.31. The molecular weight excluding hydrogens is 256 g/mol. The van der Waals surface area contributed by atoms with Gasteiger partial charge in [-0.05, 0) is 43.4 Å². The van der Waals surface area contributed by atoms with Crippen molar-refractivity contribution in [3.8, 4) is 0 Å². The number of fused-ring (bicyclic) bond motifs is 2. The third-order valence-electron chi connectivity index (χ3n) is 4.64. The van der Waals surface area contributed by atoms with Crippen LogP contribution in [0.1, 0.15) is 44.2 Å². The SMILES string of the molecule is CCC(c1ccc(Cl)cc1)N1CCC2CCC(C1)N2. The van der Waals surface area contributed by atoms with Gasteiger partial charge >= 0.3 is 0 Å². The van der Waals surface area contributed by atoms with E-state index in [0.717, 1.165) is 11.1 Å². The van der Waals surface area contributed by atoms with Crippen molar-refractivity contribution in [2.45, 2.75) is 50.7 Å². The number of halogens is 1. The van der Waals surface area contributed by atoms with Gasteiger partial charge in [0.2, 0.25) is 0 Å². The molecule has 3 rings (SSSR count). The quantitative estimate of drug-likeness (QED) is 0.909. The summed E-state index contributed by atoms with van der Waals surface area (Å²) >= 11 is 6.00. The fraction of sp³-hybridized carbons (Fsp3) is 0.625. The minimum atomic E-state index is 0.540. The standard InChI is InChI=1S/C16H23ClN2/c1-2-16(12-3-5-13(17)6-4-12)19-10-9-14-7-8-15(11-19)18-14/h3-6,14-16,18H,2,7-11H2,1H3. The Kier molecular flexibility index (Phi) is 4.11. The Morgan fingerprint density at radius 3 is 2.68 bits per heavy atom. The van der Waals surface area contributed by atoms with E-state index < -0.39 is 0 Å². The van der Waals surface area contributed by atoms with E-state index in [9.17, 15) is 0 Å². The fourth-order valence-electron chi connectivity index (χ4n) is 3.64. The van der Waals surface area contributed by atoms with Gasteiger partial charge in [0.05, 0.1) is 0 Å². The van der Waals surface area contributed by atoms with Gasteiger partial charge in [-0.25, -0.2) is 0 Å². The Bertz CT molecular complexity index is 417. The molecule has 0 aliphatic carbocycles. The molecule has 0 aromatic heterocycles. The van der Waals surface area contributed by atoms with Crippen molar-refractivity contribution >= 4 is 11.6 Å². The maximum atomic E-state index is 6.00. The van der Waals surface area contributed by atoms with Gasteiger partial charge in [-0.3, -0.25) is 4.90 Å². The van der Waals surface area contributed by atoms with E-state index in [1.807, 2.05) is 12.1 Å². The van der Waals surface area contributed by atoms with Crippen molar-refractivity contribution in [1.29, 1.82) is 0 Å². The smallest absolute Gasteiger partial charge is 0.0406 e. The molecule has 19 heavy (non-hydrogen) atoms. The maximum absolute atomic E-state index is 6.00. The summed E-state index contributed by atoms with van der Waals surface area (Å²) in [6.45, 7) is 4.70. The van der Waals surface area contributed by atoms with Crippen LogP contribution in [0.25, 0.3) is 0 Å². The molecule has 1 N–H and O–H groups in total. The summed E-state index contributed by atoms with van der Waals surface area (Å²) in [6.07, 6.45) is 5.17. The number of rotatable bonds is 3. The number of benzene rings is 1. The number of hydrogen-bond donors (Lipinski definition) is 1. The maximum Gasteiger partial charge on any atom is 0.0406 e. The Hall–Kier alpha value is -0.570. The van der Waals surface area contributed by atoms with Gasteiger partial charge in [-0.2, -0.15) is 0 Å². The molecule has 0 spiro atoms. The summed E-state index contributed by atoms with van der Waals surface area (Å²) in [5, 5.41) is 4.59. The second-order valence-corrected chi connectivity index (χ2v) is 6.33. The monoisotopic (exact) mass is 278 g/mol. The van der Waals surface area contributed by atoms with Crippen LogP contribution in [-0.4, -0.2) is 30.1 Å². The largest absolute Gasteiger partial charge is 0.310 e. The predicted octanol–water partition coefficient (Wildman–Crippen LogP) is 3.62. The minimum absolute atomic E-state index is 0.540. The van der Waals surface area contributed by atoms with Crippen molar-refractivity contribution in [3.63, 3.8) is 0 Å². The second-order valence-electron chi connectivity index (χ2n) is 5.90. The summed E-state index contributed by atoms with van der Waals surface area (Å²) < 4.78 is 0. The molecule has 3 unspecified atom stereocenters. The van der Waals surface area contributed by atoms with Crippen LogP contribution in [0.2, 0.25) is 5.02 Å². The zero-order chi connectivity index (χ0) is 13.2. The van der Waals surface area contributed by atoms with Gasteiger partial charge in [0.1, 0.15) is 0 Å². The zero-order valence-corrected chi connectivity index (χ0v) is 12.4. The van der Waals surface area contributed by atoms with Crippen molar-refractivity contribution in [2.24, 2.45) is 0 Å². The molecule has 0 radical (unpaired) electrons. The molecule has 2 aliphatic heterocycles. The van der Waals surface area contributed by atoms with Gasteiger partial charge < -0.3 is 5.32 Å². The molecule has 2 bridgehead atoms. The molecule has 2 nitrogen and oxygen atoms in total. The van der Waals surface area contributed by atoms with E-state index in [4.69, 9.17) is 11.6 Å². The van der Waals surface area contributed by atoms with E-state index in [-0.39, 0.29) is 0 Å². The van der Waals surface area contributed by atoms with Crippen LogP contribution >= 0.6 is 11.6 Å². The first-order valence-electron chi connectivity index (χ1n) is 7.52. The lowest BCUT2D eigenvalue weighted by Crippen LogP contribution is -2.37. The van der Waals surface area contributed by atoms with Crippen LogP contribution < -0.4 is 5.32 Å². The fourth-order valence-corrected chi connectivity index (χ4v) is 3.77. The molecule has 2 heterocycles. The van der Waals surface area contributed by atoms with E-state index in [0.29, 0.717) is 12.1 Å². The van der Waals surface area contributed by atoms with Crippen molar-refractivity contribution in [3.05, 3.63) is 34.9 Å². The lowest BCUT2D eigenvalue weighted by Gasteiger charge is -2.32. The number of likely N-dealkylation sites (tertiary alicyclic amines) is 1. The highest BCUT2D eigenvalue weighted by atomic mass is 35.5. The summed E-state index contributed by atoms with van der Waals surface area (Å²) in [5.41, 5.74) is 1.41. The topological polar surface area (TPSA) is 15.3 Å². The first kappa shape index (κ1) is 13.4. The lowest BCUT2D eigenvalue weighted by molar-refractivity contribution is 0.182. The number of nitrogens with one attached hydrogen (secondary N) is 1. The zero-order valence-electron chi connectivity index (χ0n) is 11.6. The van der Waals surface area contributed by atoms with Crippen LogP contribution in [0, 0.1) is 0 Å². The van der Waals surface area contributed by atoms with E-state index >= 15 is 0 Å². The van der Waals surface area contributed by atoms with Gasteiger partial charge in [0.25, 0.3) is 0 Å². The normalized spacial score (nSPS) is 29.2. The molecule has 0 saturated carbocycles. The number of nitrogens with zero attached hydrogens (tertiary/aromatic N) is 1. The van der Waals surface area contributed by atoms with Gasteiger partial charge in [-0.15, -0.1) is 0 Å². The van der Waals surface area contributed by atoms with Gasteiger partial charge in [-0.1, -0.05) is 30.7 Å². The molecular formula is C16H23ClN2. The van der Waals surface area contributed by atoms with Crippen molar-refractivity contribution < 1.29 is 0 Å². The summed E-state index contributed by atoms with van der Waals surface area (Å²) in [6, 6.07) is 10.4. The van der Waals surface area contributed by atoms with Crippen LogP contribution in [0.3, 0.4) is 0 Å². The van der Waals surface area contributed by atoms with Crippen LogP contribution in [-0.2, 0) is 0 Å². The van der Waals surface area contributed by atoms with E-state index in [1.165, 1.54) is 44.3 Å². The third kappa shape index (κ3) is 2.96. The van der Waals surface area contributed by atoms with Crippen LogP contribution in [0.5, 0.6) is 0 Å². The molecule has 3 atom stereocenters. The molecule has 2 aliphatic rings. The molecule has 104 valence electrons. The molecule has 0 amide bonds. The average Bonchev–Trinajstić information content (AvgIpc) is 2.74. The molecule has 3 heteroatoms. The predicted molar refractivity (Wildman–Crippen MR) is 80.6 cm³/mol. The van der Waals surface area contributed by atoms with Crippen molar-refractivity contribution in [1.82, 2.24) is 10.2 Å². The first-order valence-corrected chi connectivity index (χ1v) is 7.89. The van der Waals surface area contributed by atoms with Crippen LogP contribution in [0.15, 0.2) is 24.3 Å². The Balaban J connectivity index is 1.76. The summed E-state index contributed by atoms with van der Waals surface area (Å²) in [7, 11) is 0. The molecule has 2 saturated heterocycles. The van der Waals surface area contributed by atoms with Crippen molar-refractivity contribution in [2.75, 3.05) is 13.1 Å². The van der Waals surface area contributed by atoms with Gasteiger partial charge in [0, 0.05) is 36.2 Å². The lowest BCUT2D eigenvalue weighted by atomic mass is 10.00. The highest BCUT2D eigenvalue weighted by Crippen LogP contribution is 2.30. The van der Waals surface area contributed by atoms with E-state index in [2.05, 4.69) is 29.3 Å². The first-order chi connectivity index (χ1) is 9.26. The molecule has 1 aromatic carbocycles. The summed E-state index contributed by atoms with van der Waals surface area (Å²) in [5.74, 6) is 0. The Morgan fingerprint density at radius 2 is 1.95 bits per heavy atom. The second kappa shape index (κ2) is 5.82.